The molecule has 1 amide bonds. The second-order valence-corrected chi connectivity index (χ2v) is 4.61. The summed E-state index contributed by atoms with van der Waals surface area (Å²) in [7, 11) is 0. The third-order valence-corrected chi connectivity index (χ3v) is 2.91. The Hall–Kier alpha value is -2.26. The van der Waals surface area contributed by atoms with Gasteiger partial charge in [0.2, 0.25) is 0 Å². The number of benzene rings is 1. The van der Waals surface area contributed by atoms with E-state index in [1.165, 1.54) is 17.4 Å². The van der Waals surface area contributed by atoms with Crippen LogP contribution in [-0.4, -0.2) is 10.9 Å². The van der Waals surface area contributed by atoms with Crippen molar-refractivity contribution in [1.82, 2.24) is 4.98 Å². The lowest BCUT2D eigenvalue weighted by Gasteiger charge is -2.03. The highest BCUT2D eigenvalue weighted by atomic mass is 32.1. The van der Waals surface area contributed by atoms with Gasteiger partial charge in [0, 0.05) is 11.1 Å². The summed E-state index contributed by atoms with van der Waals surface area (Å²) in [5, 5.41) is 13.6. The Morgan fingerprint density at radius 2 is 2.28 bits per heavy atom. The van der Waals surface area contributed by atoms with Crippen LogP contribution in [-0.2, 0) is 0 Å². The zero-order valence-electron chi connectivity index (χ0n) is 9.40. The van der Waals surface area contributed by atoms with Gasteiger partial charge in [-0.2, -0.15) is 5.26 Å². The van der Waals surface area contributed by atoms with Gasteiger partial charge in [-0.3, -0.25) is 4.79 Å². The van der Waals surface area contributed by atoms with Gasteiger partial charge in [-0.05, 0) is 25.1 Å². The van der Waals surface area contributed by atoms with E-state index in [0.717, 1.165) is 17.1 Å². The fourth-order valence-electron chi connectivity index (χ4n) is 1.39. The van der Waals surface area contributed by atoms with Crippen LogP contribution in [0.3, 0.4) is 0 Å². The number of nitrogens with zero attached hydrogens (tertiary/aromatic N) is 2. The summed E-state index contributed by atoms with van der Waals surface area (Å²) in [4.78, 5) is 15.8. The average molecular weight is 261 g/mol. The molecule has 0 aliphatic carbocycles. The number of carbonyl (C=O) groups excluding carboxylic acids is 1. The Balaban J connectivity index is 2.22. The van der Waals surface area contributed by atoms with Crippen molar-refractivity contribution in [3.05, 3.63) is 45.7 Å². The molecule has 0 bridgehead atoms. The van der Waals surface area contributed by atoms with E-state index in [1.807, 2.05) is 6.07 Å². The van der Waals surface area contributed by atoms with Crippen LogP contribution in [0.15, 0.2) is 23.6 Å². The lowest BCUT2D eigenvalue weighted by atomic mass is 10.2. The number of halogens is 1. The first-order chi connectivity index (χ1) is 8.58. The molecule has 1 aromatic heterocycles. The van der Waals surface area contributed by atoms with Gasteiger partial charge in [-0.25, -0.2) is 9.37 Å². The second-order valence-electron chi connectivity index (χ2n) is 3.55. The monoisotopic (exact) mass is 261 g/mol. The summed E-state index contributed by atoms with van der Waals surface area (Å²) in [5.74, 6) is -0.993. The average Bonchev–Trinajstić information content (AvgIpc) is 2.75. The first kappa shape index (κ1) is 12.2. The van der Waals surface area contributed by atoms with Crippen LogP contribution >= 0.6 is 11.3 Å². The van der Waals surface area contributed by atoms with Crippen LogP contribution in [0.2, 0.25) is 0 Å². The van der Waals surface area contributed by atoms with Crippen molar-refractivity contribution in [2.45, 2.75) is 6.92 Å². The van der Waals surface area contributed by atoms with E-state index in [-0.39, 0.29) is 16.9 Å². The number of rotatable bonds is 2. The summed E-state index contributed by atoms with van der Waals surface area (Å²) in [6.07, 6.45) is 0. The van der Waals surface area contributed by atoms with E-state index < -0.39 is 11.7 Å². The third kappa shape index (κ3) is 2.70. The number of aryl methyl sites for hydroxylation is 1. The summed E-state index contributed by atoms with van der Waals surface area (Å²) in [5.41, 5.74) is 0.669. The molecule has 0 fully saturated rings. The first-order valence-electron chi connectivity index (χ1n) is 5.02. The molecule has 2 aromatic rings. The van der Waals surface area contributed by atoms with Crippen LogP contribution < -0.4 is 5.32 Å². The van der Waals surface area contributed by atoms with Gasteiger partial charge in [0.15, 0.2) is 0 Å². The van der Waals surface area contributed by atoms with Gasteiger partial charge in [0.1, 0.15) is 11.5 Å². The largest absolute Gasteiger partial charge is 0.320 e. The maximum Gasteiger partial charge on any atom is 0.275 e. The second kappa shape index (κ2) is 4.94. The normalized spacial score (nSPS) is 9.83. The van der Waals surface area contributed by atoms with Crippen LogP contribution in [0.25, 0.3) is 0 Å². The van der Waals surface area contributed by atoms with Crippen molar-refractivity contribution in [3.63, 3.8) is 0 Å². The zero-order chi connectivity index (χ0) is 13.1. The highest BCUT2D eigenvalue weighted by Crippen LogP contribution is 2.15. The number of nitrogens with one attached hydrogen (secondary N) is 1. The van der Waals surface area contributed by atoms with E-state index in [2.05, 4.69) is 10.3 Å². The minimum Gasteiger partial charge on any atom is -0.320 e. The summed E-state index contributed by atoms with van der Waals surface area (Å²) >= 11 is 1.36. The fourth-order valence-corrected chi connectivity index (χ4v) is 1.98. The molecule has 1 aromatic carbocycles. The van der Waals surface area contributed by atoms with Crippen molar-refractivity contribution in [2.75, 3.05) is 5.32 Å². The molecule has 1 heterocycles. The number of hydrogen-bond donors (Lipinski definition) is 1. The van der Waals surface area contributed by atoms with Gasteiger partial charge >= 0.3 is 0 Å². The SMILES string of the molecule is Cc1nc(C(=O)Nc2cc(F)cc(C#N)c2)cs1. The number of nitriles is 1. The Morgan fingerprint density at radius 1 is 1.50 bits per heavy atom. The van der Waals surface area contributed by atoms with Crippen molar-refractivity contribution in [1.29, 1.82) is 5.26 Å². The first-order valence-corrected chi connectivity index (χ1v) is 5.90. The van der Waals surface area contributed by atoms with Gasteiger partial charge in [0.05, 0.1) is 16.6 Å². The predicted octanol–water partition coefficient (Wildman–Crippen LogP) is 2.71. The molecule has 2 rings (SSSR count). The molecule has 0 unspecified atom stereocenters. The van der Waals surface area contributed by atoms with Gasteiger partial charge < -0.3 is 5.32 Å². The number of hydrogen-bond acceptors (Lipinski definition) is 4. The minimum absolute atomic E-state index is 0.153. The topological polar surface area (TPSA) is 65.8 Å². The van der Waals surface area contributed by atoms with Gasteiger partial charge in [-0.1, -0.05) is 0 Å². The highest BCUT2D eigenvalue weighted by Gasteiger charge is 2.10. The lowest BCUT2D eigenvalue weighted by molar-refractivity contribution is 0.102. The molecule has 0 atom stereocenters. The minimum atomic E-state index is -0.571. The maximum absolute atomic E-state index is 13.2. The number of aromatic nitrogens is 1. The Morgan fingerprint density at radius 3 is 2.89 bits per heavy atom. The van der Waals surface area contributed by atoms with Gasteiger partial charge in [0.25, 0.3) is 5.91 Å². The van der Waals surface area contributed by atoms with Crippen molar-refractivity contribution in [3.8, 4) is 6.07 Å². The van der Waals surface area contributed by atoms with Crippen LogP contribution in [0.1, 0.15) is 21.1 Å². The number of amides is 1. The molecule has 1 N–H and O–H groups in total. The molecule has 0 aliphatic rings. The Labute approximate surface area is 107 Å². The van der Waals surface area contributed by atoms with E-state index in [9.17, 15) is 9.18 Å². The van der Waals surface area contributed by atoms with E-state index in [1.54, 1.807) is 12.3 Å². The summed E-state index contributed by atoms with van der Waals surface area (Å²) < 4.78 is 13.2. The molecular weight excluding hydrogens is 253 g/mol. The standard InChI is InChI=1S/C12H8FN3OS/c1-7-15-11(6-18-7)12(17)16-10-3-8(5-14)2-9(13)4-10/h2-4,6H,1H3,(H,16,17). The lowest BCUT2D eigenvalue weighted by Crippen LogP contribution is -2.12. The van der Waals surface area contributed by atoms with E-state index in [0.29, 0.717) is 0 Å². The summed E-state index contributed by atoms with van der Waals surface area (Å²) in [6.45, 7) is 1.79. The van der Waals surface area contributed by atoms with Crippen LogP contribution in [0.5, 0.6) is 0 Å². The quantitative estimate of drug-likeness (QED) is 0.903. The number of anilines is 1. The number of thiazole rings is 1. The van der Waals surface area contributed by atoms with Crippen LogP contribution in [0, 0.1) is 24.1 Å². The highest BCUT2D eigenvalue weighted by molar-refractivity contribution is 7.09. The molecule has 0 spiro atoms. The van der Waals surface area contributed by atoms with Crippen molar-refractivity contribution >= 4 is 22.9 Å². The van der Waals surface area contributed by atoms with Crippen molar-refractivity contribution < 1.29 is 9.18 Å². The van der Waals surface area contributed by atoms with E-state index >= 15 is 0 Å². The number of carbonyl (C=O) groups is 1. The molecule has 18 heavy (non-hydrogen) atoms. The fraction of sp³-hybridized carbons (Fsp3) is 0.0833. The Kier molecular flexibility index (Phi) is 3.35. The van der Waals surface area contributed by atoms with E-state index in [4.69, 9.17) is 5.26 Å². The van der Waals surface area contributed by atoms with Crippen LogP contribution in [0.4, 0.5) is 10.1 Å². The maximum atomic E-state index is 13.2. The van der Waals surface area contributed by atoms with Crippen molar-refractivity contribution in [2.24, 2.45) is 0 Å². The van der Waals surface area contributed by atoms with Gasteiger partial charge in [-0.15, -0.1) is 11.3 Å². The molecule has 6 heteroatoms. The third-order valence-electron chi connectivity index (χ3n) is 2.14. The predicted molar refractivity (Wildman–Crippen MR) is 65.9 cm³/mol. The summed E-state index contributed by atoms with van der Waals surface area (Å²) in [6, 6.07) is 5.47. The molecule has 0 saturated heterocycles. The Bertz CT molecular complexity index is 645. The zero-order valence-corrected chi connectivity index (χ0v) is 10.2. The molecule has 4 nitrogen and oxygen atoms in total. The molecule has 0 saturated carbocycles. The molecule has 0 aliphatic heterocycles. The molecule has 90 valence electrons. The smallest absolute Gasteiger partial charge is 0.275 e. The molecular formula is C12H8FN3OS. The molecule has 0 radical (unpaired) electrons.